The molecule has 0 saturated carbocycles. The zero-order valence-electron chi connectivity index (χ0n) is 13.1. The Morgan fingerprint density at radius 3 is 2.62 bits per heavy atom. The summed E-state index contributed by atoms with van der Waals surface area (Å²) < 4.78 is 50.7. The highest BCUT2D eigenvalue weighted by Crippen LogP contribution is 2.39. The maximum Gasteiger partial charge on any atom is 0.420 e. The Morgan fingerprint density at radius 2 is 1.96 bits per heavy atom. The Labute approximate surface area is 137 Å². The minimum Gasteiger partial charge on any atom is -0.457 e. The second-order valence-corrected chi connectivity index (χ2v) is 5.68. The van der Waals surface area contributed by atoms with Gasteiger partial charge in [-0.15, -0.1) is 0 Å². The SMILES string of the molecule is CB1OCc2cc(Oc3ccc(C(C)=O)cc3C(F)(F)F)ccc21. The largest absolute Gasteiger partial charge is 0.457 e. The summed E-state index contributed by atoms with van der Waals surface area (Å²) in [6.45, 7) is 3.50. The van der Waals surface area contributed by atoms with Crippen molar-refractivity contribution in [3.63, 3.8) is 0 Å². The number of ether oxygens (including phenoxy) is 1. The van der Waals surface area contributed by atoms with Gasteiger partial charge in [0.1, 0.15) is 11.5 Å². The molecule has 1 aliphatic rings. The topological polar surface area (TPSA) is 35.5 Å². The van der Waals surface area contributed by atoms with Crippen molar-refractivity contribution in [3.8, 4) is 11.5 Å². The summed E-state index contributed by atoms with van der Waals surface area (Å²) in [6.07, 6.45) is -4.62. The van der Waals surface area contributed by atoms with Crippen molar-refractivity contribution < 1.29 is 27.4 Å². The van der Waals surface area contributed by atoms with Gasteiger partial charge < -0.3 is 9.39 Å². The molecule has 2 aromatic carbocycles. The van der Waals surface area contributed by atoms with Crippen LogP contribution in [-0.4, -0.2) is 12.7 Å². The number of ketones is 1. The third kappa shape index (κ3) is 3.17. The molecule has 0 aliphatic carbocycles. The first-order valence-corrected chi connectivity index (χ1v) is 7.40. The van der Waals surface area contributed by atoms with Crippen molar-refractivity contribution in [3.05, 3.63) is 53.1 Å². The summed E-state index contributed by atoms with van der Waals surface area (Å²) in [5, 5.41) is 0. The van der Waals surface area contributed by atoms with E-state index in [4.69, 9.17) is 9.39 Å². The van der Waals surface area contributed by atoms with Crippen LogP contribution in [0.2, 0.25) is 6.82 Å². The van der Waals surface area contributed by atoms with Crippen molar-refractivity contribution >= 4 is 18.2 Å². The summed E-state index contributed by atoms with van der Waals surface area (Å²) >= 11 is 0. The third-order valence-corrected chi connectivity index (χ3v) is 3.96. The minimum atomic E-state index is -4.62. The molecule has 2 aromatic rings. The molecule has 0 aromatic heterocycles. The number of benzene rings is 2. The van der Waals surface area contributed by atoms with Crippen molar-refractivity contribution in [2.24, 2.45) is 0 Å². The van der Waals surface area contributed by atoms with Crippen LogP contribution in [0.15, 0.2) is 36.4 Å². The molecule has 0 fully saturated rings. The van der Waals surface area contributed by atoms with E-state index in [2.05, 4.69) is 0 Å². The van der Waals surface area contributed by atoms with Crippen LogP contribution in [-0.2, 0) is 17.4 Å². The van der Waals surface area contributed by atoms with Gasteiger partial charge in [-0.3, -0.25) is 4.79 Å². The van der Waals surface area contributed by atoms with E-state index in [9.17, 15) is 18.0 Å². The van der Waals surface area contributed by atoms with Crippen LogP contribution in [0.1, 0.15) is 28.4 Å². The molecule has 124 valence electrons. The van der Waals surface area contributed by atoms with Crippen molar-refractivity contribution in [2.75, 3.05) is 0 Å². The van der Waals surface area contributed by atoms with Gasteiger partial charge in [-0.2, -0.15) is 13.2 Å². The van der Waals surface area contributed by atoms with Crippen molar-refractivity contribution in [1.82, 2.24) is 0 Å². The fraction of sp³-hybridized carbons (Fsp3) is 0.235. The highest BCUT2D eigenvalue weighted by molar-refractivity contribution is 6.67. The van der Waals surface area contributed by atoms with Crippen LogP contribution in [0.25, 0.3) is 0 Å². The molecule has 1 heterocycles. The number of alkyl halides is 3. The lowest BCUT2D eigenvalue weighted by molar-refractivity contribution is -0.138. The van der Waals surface area contributed by atoms with Crippen LogP contribution in [0.4, 0.5) is 13.2 Å². The van der Waals surface area contributed by atoms with Crippen LogP contribution in [0.3, 0.4) is 0 Å². The summed E-state index contributed by atoms with van der Waals surface area (Å²) in [6, 6.07) is 8.40. The second kappa shape index (κ2) is 5.98. The molecule has 0 radical (unpaired) electrons. The molecule has 0 unspecified atom stereocenters. The number of rotatable bonds is 3. The molecular weight excluding hydrogens is 320 g/mol. The van der Waals surface area contributed by atoms with Gasteiger partial charge in [0.05, 0.1) is 12.2 Å². The third-order valence-electron chi connectivity index (χ3n) is 3.96. The average Bonchev–Trinajstić information content (AvgIpc) is 2.87. The zero-order valence-corrected chi connectivity index (χ0v) is 13.1. The van der Waals surface area contributed by atoms with Gasteiger partial charge in [0, 0.05) is 5.56 Å². The van der Waals surface area contributed by atoms with E-state index in [1.54, 1.807) is 18.2 Å². The van der Waals surface area contributed by atoms with Gasteiger partial charge in [0.15, 0.2) is 5.78 Å². The van der Waals surface area contributed by atoms with Gasteiger partial charge in [-0.05, 0) is 48.3 Å². The van der Waals surface area contributed by atoms with E-state index in [1.165, 1.54) is 19.1 Å². The van der Waals surface area contributed by atoms with Crippen LogP contribution >= 0.6 is 0 Å². The van der Waals surface area contributed by atoms with Gasteiger partial charge in [-0.25, -0.2) is 0 Å². The second-order valence-electron chi connectivity index (χ2n) is 5.68. The predicted octanol–water partition coefficient (Wildman–Crippen LogP) is 4.06. The number of hydrogen-bond donors (Lipinski definition) is 0. The Morgan fingerprint density at radius 1 is 1.21 bits per heavy atom. The average molecular weight is 334 g/mol. The molecule has 0 saturated heterocycles. The highest BCUT2D eigenvalue weighted by Gasteiger charge is 2.35. The highest BCUT2D eigenvalue weighted by atomic mass is 19.4. The summed E-state index contributed by atoms with van der Waals surface area (Å²) in [4.78, 5) is 11.3. The molecule has 0 N–H and O–H groups in total. The Hall–Kier alpha value is -2.28. The maximum atomic E-state index is 13.3. The van der Waals surface area contributed by atoms with Gasteiger partial charge in [0.25, 0.3) is 0 Å². The van der Waals surface area contributed by atoms with Gasteiger partial charge >= 0.3 is 13.1 Å². The molecule has 0 spiro atoms. The lowest BCUT2D eigenvalue weighted by Crippen LogP contribution is -2.23. The molecule has 3 rings (SSSR count). The summed E-state index contributed by atoms with van der Waals surface area (Å²) in [5.74, 6) is -0.470. The minimum absolute atomic E-state index is 0.00847. The number of hydrogen-bond acceptors (Lipinski definition) is 3. The molecular formula is C17H14BF3O3. The van der Waals surface area contributed by atoms with Crippen LogP contribution < -0.4 is 10.2 Å². The maximum absolute atomic E-state index is 13.3. The normalized spacial score (nSPS) is 13.8. The van der Waals surface area contributed by atoms with Gasteiger partial charge in [-0.1, -0.05) is 12.9 Å². The standard InChI is InChI=1S/C17H14BF3O3/c1-10(22)11-3-6-16(14(8-11)17(19,20)21)24-13-4-5-15-12(7-13)9-23-18(15)2/h3-8H,9H2,1-2H3. The smallest absolute Gasteiger partial charge is 0.420 e. The number of Topliss-reactive ketones (excluding diaryl/α,β-unsaturated/α-hetero) is 1. The predicted molar refractivity (Wildman–Crippen MR) is 84.0 cm³/mol. The molecule has 3 nitrogen and oxygen atoms in total. The Balaban J connectivity index is 1.97. The van der Waals surface area contributed by atoms with Crippen molar-refractivity contribution in [1.29, 1.82) is 0 Å². The summed E-state index contributed by atoms with van der Waals surface area (Å²) in [5.41, 5.74) is 0.922. The molecule has 0 amide bonds. The number of carbonyl (C=O) groups excluding carboxylic acids is 1. The molecule has 1 aliphatic heterocycles. The number of carbonyl (C=O) groups is 1. The first-order valence-electron chi connectivity index (χ1n) is 7.40. The quantitative estimate of drug-likeness (QED) is 0.627. The van der Waals surface area contributed by atoms with E-state index in [1.807, 2.05) is 6.82 Å². The van der Waals surface area contributed by atoms with E-state index < -0.39 is 17.5 Å². The van der Waals surface area contributed by atoms with Crippen LogP contribution in [0, 0.1) is 0 Å². The number of fused-ring (bicyclic) bond motifs is 1. The molecule has 0 atom stereocenters. The first-order chi connectivity index (χ1) is 11.3. The lowest BCUT2D eigenvalue weighted by atomic mass is 9.64. The zero-order chi connectivity index (χ0) is 17.5. The van der Waals surface area contributed by atoms with E-state index in [0.717, 1.165) is 17.1 Å². The van der Waals surface area contributed by atoms with Crippen LogP contribution in [0.5, 0.6) is 11.5 Å². The molecule has 24 heavy (non-hydrogen) atoms. The molecule has 0 bridgehead atoms. The lowest BCUT2D eigenvalue weighted by Gasteiger charge is -2.15. The van der Waals surface area contributed by atoms with Crippen molar-refractivity contribution in [2.45, 2.75) is 26.5 Å². The fourth-order valence-corrected chi connectivity index (χ4v) is 2.66. The Kier molecular flexibility index (Phi) is 4.13. The molecule has 7 heteroatoms. The fourth-order valence-electron chi connectivity index (χ4n) is 2.66. The summed E-state index contributed by atoms with van der Waals surface area (Å²) in [7, 11) is 0. The monoisotopic (exact) mass is 334 g/mol. The van der Waals surface area contributed by atoms with E-state index in [-0.39, 0.29) is 18.2 Å². The van der Waals surface area contributed by atoms with E-state index in [0.29, 0.717) is 12.4 Å². The Bertz CT molecular complexity index is 802. The first kappa shape index (κ1) is 16.6. The number of halogens is 3. The van der Waals surface area contributed by atoms with E-state index >= 15 is 0 Å². The van der Waals surface area contributed by atoms with Gasteiger partial charge in [0.2, 0.25) is 0 Å².